The fraction of sp³-hybridized carbons (Fsp3) is 0.390. The number of oxazole rings is 2. The van der Waals surface area contributed by atoms with Gasteiger partial charge < -0.3 is 33.1 Å². The first-order chi connectivity index (χ1) is 25.6. The summed E-state index contributed by atoms with van der Waals surface area (Å²) in [5.74, 6) is 0.156. The minimum atomic E-state index is -0.483. The van der Waals surface area contributed by atoms with Crippen LogP contribution in [0, 0.1) is 0 Å². The Bertz CT molecular complexity index is 2460. The summed E-state index contributed by atoms with van der Waals surface area (Å²) in [6.07, 6.45) is 7.44. The second kappa shape index (κ2) is 14.9. The lowest BCUT2D eigenvalue weighted by Gasteiger charge is -2.33. The van der Waals surface area contributed by atoms with Crippen molar-refractivity contribution in [1.29, 1.82) is 0 Å². The second-order valence-electron chi connectivity index (χ2n) is 13.9. The van der Waals surface area contributed by atoms with Crippen LogP contribution in [0.2, 0.25) is 0 Å². The van der Waals surface area contributed by atoms with Crippen LogP contribution in [0.1, 0.15) is 68.1 Å². The van der Waals surface area contributed by atoms with Crippen molar-refractivity contribution in [3.8, 4) is 11.5 Å². The number of methoxy groups -OCH3 is 2. The van der Waals surface area contributed by atoms with Crippen LogP contribution in [-0.2, 0) is 25.9 Å². The predicted octanol–water partition coefficient (Wildman–Crippen LogP) is 7.15. The van der Waals surface area contributed by atoms with Gasteiger partial charge in [-0.25, -0.2) is 9.59 Å². The predicted molar refractivity (Wildman–Crippen MR) is 207 cm³/mol. The number of hydrogen-bond donors (Lipinski definition) is 1. The number of rotatable bonds is 12. The largest absolute Gasteiger partial charge is 0.496 e. The molecule has 0 unspecified atom stereocenters. The fourth-order valence-electron chi connectivity index (χ4n) is 7.68. The summed E-state index contributed by atoms with van der Waals surface area (Å²) in [6, 6.07) is 13.7. The van der Waals surface area contributed by atoms with Gasteiger partial charge in [0.25, 0.3) is 5.91 Å². The number of nitrogens with one attached hydrogen (secondary N) is 1. The molecule has 1 amide bonds. The van der Waals surface area contributed by atoms with Gasteiger partial charge >= 0.3 is 11.5 Å². The second-order valence-corrected chi connectivity index (χ2v) is 13.9. The molecule has 1 fully saturated rings. The molecule has 1 aliphatic heterocycles. The van der Waals surface area contributed by atoms with Gasteiger partial charge in [0.1, 0.15) is 17.0 Å². The van der Waals surface area contributed by atoms with Crippen molar-refractivity contribution < 1.29 is 23.1 Å². The molecule has 1 saturated heterocycles. The van der Waals surface area contributed by atoms with Crippen LogP contribution in [0.25, 0.3) is 33.1 Å². The first-order valence-electron chi connectivity index (χ1n) is 18.3. The van der Waals surface area contributed by atoms with Crippen molar-refractivity contribution in [1.82, 2.24) is 18.6 Å². The third-order valence-electron chi connectivity index (χ3n) is 10.5. The molecule has 0 bridgehead atoms. The van der Waals surface area contributed by atoms with Crippen LogP contribution in [0.15, 0.2) is 78.7 Å². The first kappa shape index (κ1) is 35.9. The molecule has 1 aliphatic rings. The summed E-state index contributed by atoms with van der Waals surface area (Å²) in [5.41, 5.74) is 7.23. The Balaban J connectivity index is 1.10. The Morgan fingerprint density at radius 1 is 0.887 bits per heavy atom. The fourth-order valence-corrected chi connectivity index (χ4v) is 7.68. The molecule has 0 radical (unpaired) electrons. The highest BCUT2D eigenvalue weighted by Crippen LogP contribution is 2.37. The lowest BCUT2D eigenvalue weighted by atomic mass is 10.0. The number of amides is 1. The molecule has 1 N–H and O–H groups in total. The number of likely N-dealkylation sites (tertiary alicyclic amines) is 1. The van der Waals surface area contributed by atoms with Crippen LogP contribution in [0.4, 0.5) is 5.69 Å². The number of piperidine rings is 1. The van der Waals surface area contributed by atoms with E-state index >= 15 is 0 Å². The minimum absolute atomic E-state index is 0.279. The Hall–Kier alpha value is -5.49. The quantitative estimate of drug-likeness (QED) is 0.132. The molecular formula is C41H47N5O7. The number of aromatic nitrogens is 3. The molecule has 0 saturated carbocycles. The molecule has 278 valence electrons. The average molecular weight is 722 g/mol. The van der Waals surface area contributed by atoms with Gasteiger partial charge in [-0.2, -0.15) is 0 Å². The zero-order chi connectivity index (χ0) is 37.4. The van der Waals surface area contributed by atoms with Gasteiger partial charge in [-0.05, 0) is 88.6 Å². The van der Waals surface area contributed by atoms with E-state index < -0.39 is 5.76 Å². The smallest absolute Gasteiger partial charge is 0.420 e. The molecule has 4 heterocycles. The SMILES string of the molecule is CCn1c(=O)oc2cc(OC)c(CCN3CCC(n4ccc5ccc(C(=O)Nc6c(CC=C(C)C)c(OC)cc7oc(=O)n(CC)c67)cc54)CC3)cc21. The van der Waals surface area contributed by atoms with Crippen LogP contribution in [0.5, 0.6) is 11.5 Å². The first-order valence-corrected chi connectivity index (χ1v) is 18.3. The number of anilines is 1. The van der Waals surface area contributed by atoms with E-state index in [2.05, 4.69) is 33.1 Å². The van der Waals surface area contributed by atoms with E-state index in [9.17, 15) is 14.4 Å². The number of hydrogen-bond acceptors (Lipinski definition) is 8. The van der Waals surface area contributed by atoms with Gasteiger partial charge in [-0.15, -0.1) is 0 Å². The molecule has 7 rings (SSSR count). The lowest BCUT2D eigenvalue weighted by molar-refractivity contribution is 0.102. The van der Waals surface area contributed by atoms with Crippen molar-refractivity contribution in [2.75, 3.05) is 39.2 Å². The van der Waals surface area contributed by atoms with Gasteiger partial charge in [0.05, 0.1) is 25.4 Å². The molecule has 12 nitrogen and oxygen atoms in total. The summed E-state index contributed by atoms with van der Waals surface area (Å²) in [6.45, 7) is 11.5. The molecule has 0 spiro atoms. The van der Waals surface area contributed by atoms with Crippen molar-refractivity contribution in [3.05, 3.63) is 98.1 Å². The molecule has 12 heteroatoms. The van der Waals surface area contributed by atoms with E-state index in [1.165, 1.54) is 4.57 Å². The van der Waals surface area contributed by atoms with Gasteiger partial charge in [0.2, 0.25) is 0 Å². The Morgan fingerprint density at radius 3 is 2.28 bits per heavy atom. The Kier molecular flexibility index (Phi) is 10.1. The molecule has 53 heavy (non-hydrogen) atoms. The highest BCUT2D eigenvalue weighted by Gasteiger charge is 2.25. The van der Waals surface area contributed by atoms with Crippen molar-refractivity contribution in [2.45, 2.75) is 72.5 Å². The molecule has 6 aromatic rings. The third kappa shape index (κ3) is 6.79. The molecule has 3 aromatic heterocycles. The maximum absolute atomic E-state index is 14.1. The number of carbonyl (C=O) groups is 1. The van der Waals surface area contributed by atoms with Gasteiger partial charge in [-0.3, -0.25) is 13.9 Å². The van der Waals surface area contributed by atoms with E-state index in [-0.39, 0.29) is 17.7 Å². The highest BCUT2D eigenvalue weighted by atomic mass is 16.5. The van der Waals surface area contributed by atoms with Crippen LogP contribution in [-0.4, -0.2) is 58.4 Å². The van der Waals surface area contributed by atoms with E-state index in [1.807, 2.05) is 58.0 Å². The van der Waals surface area contributed by atoms with E-state index in [1.54, 1.807) is 24.9 Å². The maximum atomic E-state index is 14.1. The monoisotopic (exact) mass is 721 g/mol. The zero-order valence-electron chi connectivity index (χ0n) is 31.3. The molecule has 0 aliphatic carbocycles. The molecular weight excluding hydrogens is 674 g/mol. The number of allylic oxidation sites excluding steroid dienone is 2. The number of aryl methyl sites for hydroxylation is 2. The summed E-state index contributed by atoms with van der Waals surface area (Å²) >= 11 is 0. The summed E-state index contributed by atoms with van der Waals surface area (Å²) < 4.78 is 27.9. The average Bonchev–Trinajstić information content (AvgIpc) is 3.83. The number of nitrogens with zero attached hydrogens (tertiary/aromatic N) is 4. The van der Waals surface area contributed by atoms with Crippen LogP contribution in [0.3, 0.4) is 0 Å². The molecule has 0 atom stereocenters. The summed E-state index contributed by atoms with van der Waals surface area (Å²) in [4.78, 5) is 41.6. The zero-order valence-corrected chi connectivity index (χ0v) is 31.3. The Labute approximate surface area is 307 Å². The normalized spacial score (nSPS) is 14.0. The number of benzene rings is 3. The number of ether oxygens (including phenoxy) is 2. The Morgan fingerprint density at radius 2 is 1.58 bits per heavy atom. The highest BCUT2D eigenvalue weighted by molar-refractivity contribution is 6.10. The van der Waals surface area contributed by atoms with Gasteiger partial charge in [0.15, 0.2) is 11.2 Å². The van der Waals surface area contributed by atoms with Crippen molar-refractivity contribution in [2.24, 2.45) is 0 Å². The van der Waals surface area contributed by atoms with Crippen LogP contribution < -0.4 is 26.3 Å². The van der Waals surface area contributed by atoms with Crippen molar-refractivity contribution >= 4 is 44.7 Å². The van der Waals surface area contributed by atoms with E-state index in [4.69, 9.17) is 18.3 Å². The topological polar surface area (TPSA) is 126 Å². The minimum Gasteiger partial charge on any atom is -0.496 e. The molecule has 3 aromatic carbocycles. The standard InChI is InChI=1S/C41H47N5O7/c1-7-44-32-21-27(33(50-5)23-35(32)52-40(44)48)13-17-43-18-15-29(16-19-43)46-20-14-26-10-11-28(22-31(26)46)39(47)42-37-30(12-9-25(3)4)34(51-6)24-36-38(37)45(8-2)41(49)53-36/h9-11,14,20-24,29H,7-8,12-13,15-19H2,1-6H3,(H,42,47). The van der Waals surface area contributed by atoms with Gasteiger partial charge in [0, 0.05) is 73.7 Å². The van der Waals surface area contributed by atoms with E-state index in [0.29, 0.717) is 53.2 Å². The van der Waals surface area contributed by atoms with Crippen molar-refractivity contribution in [3.63, 3.8) is 0 Å². The third-order valence-corrected chi connectivity index (χ3v) is 10.5. The lowest BCUT2D eigenvalue weighted by Crippen LogP contribution is -2.35. The van der Waals surface area contributed by atoms with Gasteiger partial charge in [-0.1, -0.05) is 17.7 Å². The van der Waals surface area contributed by atoms with Crippen LogP contribution >= 0.6 is 0 Å². The summed E-state index contributed by atoms with van der Waals surface area (Å²) in [7, 11) is 3.22. The number of fused-ring (bicyclic) bond motifs is 3. The number of carbonyl (C=O) groups excluding carboxylic acids is 1. The van der Waals surface area contributed by atoms with E-state index in [0.717, 1.165) is 77.8 Å². The maximum Gasteiger partial charge on any atom is 0.420 e. The summed E-state index contributed by atoms with van der Waals surface area (Å²) in [5, 5.41) is 4.22.